The van der Waals surface area contributed by atoms with Gasteiger partial charge in [0.15, 0.2) is 0 Å². The van der Waals surface area contributed by atoms with Gasteiger partial charge in [-0.25, -0.2) is 4.39 Å². The van der Waals surface area contributed by atoms with Crippen molar-refractivity contribution in [2.24, 2.45) is 0 Å². The van der Waals surface area contributed by atoms with E-state index in [0.29, 0.717) is 20.5 Å². The second kappa shape index (κ2) is 5.75. The number of rotatable bonds is 2. The molecule has 0 spiro atoms. The number of carbonyl (C=O) groups is 1. The van der Waals surface area contributed by atoms with Crippen molar-refractivity contribution in [3.05, 3.63) is 56.4 Å². The second-order valence-corrected chi connectivity index (χ2v) is 5.39. The molecule has 3 nitrogen and oxygen atoms in total. The Bertz CT molecular complexity index is 649. The van der Waals surface area contributed by atoms with Crippen LogP contribution in [-0.2, 0) is 0 Å². The Hall–Kier alpha value is -1.34. The lowest BCUT2D eigenvalue weighted by Gasteiger charge is -2.09. The van der Waals surface area contributed by atoms with Gasteiger partial charge in [-0.15, -0.1) is 0 Å². The summed E-state index contributed by atoms with van der Waals surface area (Å²) in [5.74, 6) is -0.720. The van der Waals surface area contributed by atoms with Crippen LogP contribution >= 0.6 is 34.2 Å². The maximum atomic E-state index is 13.0. The van der Waals surface area contributed by atoms with Gasteiger partial charge in [0.25, 0.3) is 5.91 Å². The van der Waals surface area contributed by atoms with Crippen LogP contribution in [0.5, 0.6) is 0 Å². The summed E-state index contributed by atoms with van der Waals surface area (Å²) < 4.78 is 13.6. The van der Waals surface area contributed by atoms with E-state index in [1.807, 2.05) is 22.6 Å². The van der Waals surface area contributed by atoms with Crippen LogP contribution in [0.1, 0.15) is 10.4 Å². The molecule has 2 aromatic carbocycles. The van der Waals surface area contributed by atoms with Crippen LogP contribution in [0.2, 0.25) is 5.02 Å². The third-order valence-corrected chi connectivity index (χ3v) is 3.62. The molecule has 0 aliphatic heterocycles. The van der Waals surface area contributed by atoms with Crippen molar-refractivity contribution in [2.75, 3.05) is 11.1 Å². The lowest BCUT2D eigenvalue weighted by Crippen LogP contribution is -2.13. The van der Waals surface area contributed by atoms with Gasteiger partial charge in [-0.2, -0.15) is 0 Å². The molecule has 0 atom stereocenters. The first-order chi connectivity index (χ1) is 8.97. The topological polar surface area (TPSA) is 55.1 Å². The number of nitrogens with one attached hydrogen (secondary N) is 1. The van der Waals surface area contributed by atoms with Gasteiger partial charge in [-0.05, 0) is 59.0 Å². The van der Waals surface area contributed by atoms with Crippen LogP contribution in [0, 0.1) is 9.39 Å². The van der Waals surface area contributed by atoms with Crippen LogP contribution in [0.3, 0.4) is 0 Å². The molecule has 98 valence electrons. The van der Waals surface area contributed by atoms with Crippen LogP contribution in [0.25, 0.3) is 0 Å². The fourth-order valence-corrected chi connectivity index (χ4v) is 2.38. The minimum Gasteiger partial charge on any atom is -0.399 e. The highest BCUT2D eigenvalue weighted by atomic mass is 127. The highest BCUT2D eigenvalue weighted by Crippen LogP contribution is 2.23. The van der Waals surface area contributed by atoms with E-state index in [4.69, 9.17) is 17.3 Å². The quantitative estimate of drug-likeness (QED) is 0.603. The summed E-state index contributed by atoms with van der Waals surface area (Å²) in [6.45, 7) is 0. The van der Waals surface area contributed by atoms with Gasteiger partial charge < -0.3 is 11.1 Å². The highest BCUT2D eigenvalue weighted by Gasteiger charge is 2.12. The van der Waals surface area contributed by atoms with Crippen LogP contribution in [0.4, 0.5) is 15.8 Å². The van der Waals surface area contributed by atoms with E-state index >= 15 is 0 Å². The van der Waals surface area contributed by atoms with Crippen molar-refractivity contribution in [3.63, 3.8) is 0 Å². The maximum Gasteiger partial charge on any atom is 0.257 e. The summed E-state index contributed by atoms with van der Waals surface area (Å²) in [7, 11) is 0. The number of hydrogen-bond donors (Lipinski definition) is 2. The maximum absolute atomic E-state index is 13.0. The van der Waals surface area contributed by atoms with Crippen molar-refractivity contribution in [2.45, 2.75) is 0 Å². The Morgan fingerprint density at radius 2 is 2.00 bits per heavy atom. The Balaban J connectivity index is 2.25. The molecular formula is C13H9ClFIN2O. The molecule has 0 unspecified atom stereocenters. The predicted octanol–water partition coefficient (Wildman–Crippen LogP) is 3.92. The molecule has 0 aliphatic carbocycles. The number of carbonyl (C=O) groups excluding carboxylic acids is 1. The second-order valence-electron chi connectivity index (χ2n) is 3.82. The van der Waals surface area contributed by atoms with E-state index in [9.17, 15) is 9.18 Å². The van der Waals surface area contributed by atoms with Crippen LogP contribution in [0.15, 0.2) is 36.4 Å². The number of amides is 1. The molecule has 0 saturated heterocycles. The monoisotopic (exact) mass is 390 g/mol. The zero-order valence-electron chi connectivity index (χ0n) is 9.58. The Labute approximate surface area is 128 Å². The molecule has 0 radical (unpaired) electrons. The number of benzene rings is 2. The molecule has 2 rings (SSSR count). The van der Waals surface area contributed by atoms with Crippen molar-refractivity contribution in [1.29, 1.82) is 0 Å². The molecule has 0 saturated carbocycles. The molecule has 19 heavy (non-hydrogen) atoms. The molecule has 0 heterocycles. The molecule has 6 heteroatoms. The van der Waals surface area contributed by atoms with E-state index in [0.717, 1.165) is 0 Å². The molecule has 1 amide bonds. The first kappa shape index (κ1) is 14.1. The number of nitrogens with two attached hydrogens (primary N) is 1. The Morgan fingerprint density at radius 1 is 1.26 bits per heavy atom. The summed E-state index contributed by atoms with van der Waals surface area (Å²) >= 11 is 7.90. The minimum absolute atomic E-state index is 0.273. The van der Waals surface area contributed by atoms with Gasteiger partial charge >= 0.3 is 0 Å². The molecule has 2 aromatic rings. The van der Waals surface area contributed by atoms with Gasteiger partial charge in [-0.3, -0.25) is 4.79 Å². The SMILES string of the molecule is Nc1ccc(C(=O)Nc2ccc(F)cc2I)c(Cl)c1. The van der Waals surface area contributed by atoms with Gasteiger partial charge in [0, 0.05) is 9.26 Å². The molecule has 0 aliphatic rings. The highest BCUT2D eigenvalue weighted by molar-refractivity contribution is 14.1. The third kappa shape index (κ3) is 3.36. The summed E-state index contributed by atoms with van der Waals surface area (Å²) in [5, 5.41) is 2.95. The number of nitrogen functional groups attached to an aromatic ring is 1. The van der Waals surface area contributed by atoms with Gasteiger partial charge in [0.1, 0.15) is 5.82 Å². The molecule has 3 N–H and O–H groups in total. The fraction of sp³-hybridized carbons (Fsp3) is 0. The van der Waals surface area contributed by atoms with E-state index in [1.165, 1.54) is 24.3 Å². The predicted molar refractivity (Wildman–Crippen MR) is 82.9 cm³/mol. The fourth-order valence-electron chi connectivity index (χ4n) is 1.50. The smallest absolute Gasteiger partial charge is 0.257 e. The standard InChI is InChI=1S/C13H9ClFIN2O/c14-10-6-8(17)2-3-9(10)13(19)18-12-4-1-7(15)5-11(12)16/h1-6H,17H2,(H,18,19). The number of hydrogen-bond acceptors (Lipinski definition) is 2. The summed E-state index contributed by atoms with van der Waals surface area (Å²) in [5.41, 5.74) is 6.89. The number of anilines is 2. The summed E-state index contributed by atoms with van der Waals surface area (Å²) in [6.07, 6.45) is 0. The van der Waals surface area contributed by atoms with Gasteiger partial charge in [0.05, 0.1) is 16.3 Å². The van der Waals surface area contributed by atoms with Gasteiger partial charge in [-0.1, -0.05) is 11.6 Å². The largest absolute Gasteiger partial charge is 0.399 e. The van der Waals surface area contributed by atoms with E-state index in [1.54, 1.807) is 12.1 Å². The van der Waals surface area contributed by atoms with E-state index < -0.39 is 0 Å². The minimum atomic E-state index is -0.366. The zero-order valence-corrected chi connectivity index (χ0v) is 12.5. The van der Waals surface area contributed by atoms with Gasteiger partial charge in [0.2, 0.25) is 0 Å². The van der Waals surface area contributed by atoms with Crippen LogP contribution < -0.4 is 11.1 Å². The average molecular weight is 391 g/mol. The normalized spacial score (nSPS) is 10.3. The average Bonchev–Trinajstić information content (AvgIpc) is 2.32. The first-order valence-corrected chi connectivity index (χ1v) is 6.74. The van der Waals surface area contributed by atoms with Crippen LogP contribution in [-0.4, -0.2) is 5.91 Å². The Morgan fingerprint density at radius 3 is 2.63 bits per heavy atom. The zero-order chi connectivity index (χ0) is 14.0. The number of halogens is 3. The molecule has 0 aromatic heterocycles. The summed E-state index contributed by atoms with van der Waals surface area (Å²) in [4.78, 5) is 12.0. The lowest BCUT2D eigenvalue weighted by molar-refractivity contribution is 0.102. The third-order valence-electron chi connectivity index (χ3n) is 2.42. The summed E-state index contributed by atoms with van der Waals surface area (Å²) in [6, 6.07) is 8.76. The van der Waals surface area contributed by atoms with Crippen molar-refractivity contribution < 1.29 is 9.18 Å². The van der Waals surface area contributed by atoms with Crippen molar-refractivity contribution in [1.82, 2.24) is 0 Å². The molecule has 0 bridgehead atoms. The molecular weight excluding hydrogens is 382 g/mol. The Kier molecular flexibility index (Phi) is 4.26. The van der Waals surface area contributed by atoms with Crippen molar-refractivity contribution >= 4 is 51.5 Å². The lowest BCUT2D eigenvalue weighted by atomic mass is 10.2. The first-order valence-electron chi connectivity index (χ1n) is 5.29. The van der Waals surface area contributed by atoms with E-state index in [-0.39, 0.29) is 16.7 Å². The van der Waals surface area contributed by atoms with Crippen molar-refractivity contribution in [3.8, 4) is 0 Å². The molecule has 0 fully saturated rings. The van der Waals surface area contributed by atoms with E-state index in [2.05, 4.69) is 5.32 Å².